The largest absolute Gasteiger partial charge is 0.480 e. The number of H-pyrrole nitrogens is 1. The molecular weight excluding hydrogens is 428 g/mol. The van der Waals surface area contributed by atoms with Crippen LogP contribution in [0.1, 0.15) is 26.0 Å². The number of carboxylic acid groups (broad SMARTS) is 1. The number of aliphatic hydroxyl groups excluding tert-OH is 1. The minimum absolute atomic E-state index is 0.0137. The van der Waals surface area contributed by atoms with Gasteiger partial charge in [0.15, 0.2) is 6.04 Å². The van der Waals surface area contributed by atoms with Crippen LogP contribution in [-0.2, 0) is 25.6 Å². The Morgan fingerprint density at radius 3 is 2.23 bits per heavy atom. The number of aromatic amines is 1. The summed E-state index contributed by atoms with van der Waals surface area (Å²) in [5.41, 5.74) is 6.08. The summed E-state index contributed by atoms with van der Waals surface area (Å²) in [5.74, 6) is -2.80. The standard InChI is InChI=1S/C18H30N6O6S/c1-9(19)15(26)22-12(4-5-31-3)16(27)23-13(6-11-7-20-8-21-11)17(28)24-14(10(2)25)18(29)30/h7-10,12-14,25H,4-6,19H2,1-3H3,(H,20,21)(H,22,26)(H,23,27)(H,24,28)(H,29,30). The molecule has 0 radical (unpaired) electrons. The molecule has 31 heavy (non-hydrogen) atoms. The fraction of sp³-hybridized carbons (Fsp3) is 0.611. The topological polar surface area (TPSA) is 200 Å². The van der Waals surface area contributed by atoms with E-state index >= 15 is 0 Å². The van der Waals surface area contributed by atoms with Gasteiger partial charge in [-0.2, -0.15) is 11.8 Å². The number of aliphatic hydroxyl groups is 1. The number of nitrogens with one attached hydrogen (secondary N) is 4. The second-order valence-electron chi connectivity index (χ2n) is 7.04. The van der Waals surface area contributed by atoms with Gasteiger partial charge in [0, 0.05) is 18.3 Å². The summed E-state index contributed by atoms with van der Waals surface area (Å²) in [6, 6.07) is -4.50. The molecular formula is C18H30N6O6S. The zero-order valence-electron chi connectivity index (χ0n) is 17.6. The summed E-state index contributed by atoms with van der Waals surface area (Å²) in [4.78, 5) is 55.6. The van der Waals surface area contributed by atoms with Crippen LogP contribution >= 0.6 is 11.8 Å². The number of aromatic nitrogens is 2. The van der Waals surface area contributed by atoms with Gasteiger partial charge in [-0.15, -0.1) is 0 Å². The lowest BCUT2D eigenvalue weighted by molar-refractivity contribution is -0.145. The number of thioether (sulfide) groups is 1. The average Bonchev–Trinajstić information content (AvgIpc) is 3.20. The zero-order chi connectivity index (χ0) is 23.6. The molecule has 0 saturated heterocycles. The van der Waals surface area contributed by atoms with Crippen LogP contribution < -0.4 is 21.7 Å². The van der Waals surface area contributed by atoms with E-state index in [-0.39, 0.29) is 6.42 Å². The van der Waals surface area contributed by atoms with Crippen LogP contribution in [-0.4, -0.2) is 86.2 Å². The number of rotatable bonds is 13. The van der Waals surface area contributed by atoms with Gasteiger partial charge < -0.3 is 36.9 Å². The molecule has 174 valence electrons. The number of hydrogen-bond donors (Lipinski definition) is 7. The third-order valence-corrected chi connectivity index (χ3v) is 4.96. The third-order valence-electron chi connectivity index (χ3n) is 4.32. The summed E-state index contributed by atoms with van der Waals surface area (Å²) in [5, 5.41) is 26.2. The maximum absolute atomic E-state index is 12.9. The van der Waals surface area contributed by atoms with Gasteiger partial charge in [0.2, 0.25) is 17.7 Å². The highest BCUT2D eigenvalue weighted by Crippen LogP contribution is 2.05. The van der Waals surface area contributed by atoms with E-state index in [1.54, 1.807) is 0 Å². The lowest BCUT2D eigenvalue weighted by Crippen LogP contribution is -2.58. The van der Waals surface area contributed by atoms with E-state index < -0.39 is 54.0 Å². The molecule has 5 unspecified atom stereocenters. The molecule has 0 spiro atoms. The van der Waals surface area contributed by atoms with Gasteiger partial charge in [0.25, 0.3) is 0 Å². The Balaban J connectivity index is 3.02. The monoisotopic (exact) mass is 458 g/mol. The van der Waals surface area contributed by atoms with E-state index in [0.717, 1.165) is 0 Å². The number of carbonyl (C=O) groups excluding carboxylic acids is 3. The maximum Gasteiger partial charge on any atom is 0.328 e. The van der Waals surface area contributed by atoms with Gasteiger partial charge in [0.05, 0.1) is 18.5 Å². The van der Waals surface area contributed by atoms with Crippen molar-refractivity contribution in [2.24, 2.45) is 5.73 Å². The van der Waals surface area contributed by atoms with Crippen molar-refractivity contribution in [3.8, 4) is 0 Å². The Labute approximate surface area is 184 Å². The van der Waals surface area contributed by atoms with Crippen molar-refractivity contribution in [1.29, 1.82) is 0 Å². The Morgan fingerprint density at radius 1 is 1.13 bits per heavy atom. The van der Waals surface area contributed by atoms with Crippen LogP contribution in [0.5, 0.6) is 0 Å². The molecule has 0 bridgehead atoms. The van der Waals surface area contributed by atoms with E-state index in [2.05, 4.69) is 25.9 Å². The molecule has 0 aromatic carbocycles. The first-order valence-electron chi connectivity index (χ1n) is 9.60. The van der Waals surface area contributed by atoms with Crippen molar-refractivity contribution < 1.29 is 29.4 Å². The van der Waals surface area contributed by atoms with Crippen LogP contribution in [0.15, 0.2) is 12.5 Å². The van der Waals surface area contributed by atoms with E-state index in [0.29, 0.717) is 17.9 Å². The van der Waals surface area contributed by atoms with Crippen molar-refractivity contribution >= 4 is 35.5 Å². The van der Waals surface area contributed by atoms with Gasteiger partial charge in [-0.25, -0.2) is 9.78 Å². The highest BCUT2D eigenvalue weighted by atomic mass is 32.2. The van der Waals surface area contributed by atoms with Gasteiger partial charge in [-0.3, -0.25) is 14.4 Å². The molecule has 0 aliphatic carbocycles. The lowest BCUT2D eigenvalue weighted by atomic mass is 10.1. The fourth-order valence-electron chi connectivity index (χ4n) is 2.55. The van der Waals surface area contributed by atoms with Crippen molar-refractivity contribution in [2.45, 2.75) is 57.0 Å². The molecule has 1 aromatic rings. The molecule has 1 aromatic heterocycles. The van der Waals surface area contributed by atoms with Crippen LogP contribution in [0, 0.1) is 0 Å². The number of nitrogens with zero attached hydrogens (tertiary/aromatic N) is 1. The first kappa shape index (κ1) is 26.4. The number of carboxylic acids is 1. The first-order valence-corrected chi connectivity index (χ1v) is 11.0. The molecule has 13 heteroatoms. The molecule has 3 amide bonds. The highest BCUT2D eigenvalue weighted by Gasteiger charge is 2.31. The number of nitrogens with two attached hydrogens (primary N) is 1. The molecule has 1 heterocycles. The zero-order valence-corrected chi connectivity index (χ0v) is 18.4. The minimum atomic E-state index is -1.56. The van der Waals surface area contributed by atoms with Crippen LogP contribution in [0.3, 0.4) is 0 Å². The van der Waals surface area contributed by atoms with Crippen molar-refractivity contribution in [3.63, 3.8) is 0 Å². The summed E-state index contributed by atoms with van der Waals surface area (Å²) < 4.78 is 0. The smallest absolute Gasteiger partial charge is 0.328 e. The number of carbonyl (C=O) groups is 4. The Hall–Kier alpha value is -2.64. The number of aliphatic carboxylic acids is 1. The quantitative estimate of drug-likeness (QED) is 0.174. The second kappa shape index (κ2) is 12.9. The third kappa shape index (κ3) is 8.94. The summed E-state index contributed by atoms with van der Waals surface area (Å²) in [6.45, 7) is 2.71. The molecule has 0 fully saturated rings. The van der Waals surface area contributed by atoms with Crippen molar-refractivity contribution in [2.75, 3.05) is 12.0 Å². The fourth-order valence-corrected chi connectivity index (χ4v) is 3.02. The predicted molar refractivity (Wildman–Crippen MR) is 114 cm³/mol. The number of imidazole rings is 1. The van der Waals surface area contributed by atoms with Crippen molar-refractivity contribution in [1.82, 2.24) is 25.9 Å². The molecule has 0 aliphatic heterocycles. The van der Waals surface area contributed by atoms with E-state index in [1.807, 2.05) is 6.26 Å². The number of amides is 3. The van der Waals surface area contributed by atoms with Crippen LogP contribution in [0.2, 0.25) is 0 Å². The Kier molecular flexibility index (Phi) is 11.0. The highest BCUT2D eigenvalue weighted by molar-refractivity contribution is 7.98. The van der Waals surface area contributed by atoms with E-state index in [1.165, 1.54) is 38.1 Å². The lowest BCUT2D eigenvalue weighted by Gasteiger charge is -2.25. The van der Waals surface area contributed by atoms with Crippen LogP contribution in [0.25, 0.3) is 0 Å². The Morgan fingerprint density at radius 2 is 1.74 bits per heavy atom. The minimum Gasteiger partial charge on any atom is -0.480 e. The molecule has 0 aliphatic rings. The first-order chi connectivity index (χ1) is 14.6. The van der Waals surface area contributed by atoms with E-state index in [9.17, 15) is 29.4 Å². The summed E-state index contributed by atoms with van der Waals surface area (Å²) >= 11 is 1.48. The van der Waals surface area contributed by atoms with Gasteiger partial charge in [-0.05, 0) is 32.3 Å². The Bertz CT molecular complexity index is 742. The molecule has 8 N–H and O–H groups in total. The summed E-state index contributed by atoms with van der Waals surface area (Å²) in [6.07, 6.45) is 3.63. The SMILES string of the molecule is CSCCC(NC(=O)C(C)N)C(=O)NC(Cc1cnc[nH]1)C(=O)NC(C(=O)O)C(C)O. The van der Waals surface area contributed by atoms with Crippen molar-refractivity contribution in [3.05, 3.63) is 18.2 Å². The normalized spacial score (nSPS) is 15.8. The van der Waals surface area contributed by atoms with Crippen LogP contribution in [0.4, 0.5) is 0 Å². The molecule has 5 atom stereocenters. The average molecular weight is 459 g/mol. The number of hydrogen-bond acceptors (Lipinski definition) is 8. The van der Waals surface area contributed by atoms with Gasteiger partial charge in [0.1, 0.15) is 12.1 Å². The molecule has 12 nitrogen and oxygen atoms in total. The van der Waals surface area contributed by atoms with Gasteiger partial charge in [-0.1, -0.05) is 0 Å². The van der Waals surface area contributed by atoms with Gasteiger partial charge >= 0.3 is 5.97 Å². The second-order valence-corrected chi connectivity index (χ2v) is 8.02. The van der Waals surface area contributed by atoms with E-state index in [4.69, 9.17) is 5.73 Å². The predicted octanol–water partition coefficient (Wildman–Crippen LogP) is -2.03. The molecule has 1 rings (SSSR count). The summed E-state index contributed by atoms with van der Waals surface area (Å²) in [7, 11) is 0. The molecule has 0 saturated carbocycles. The maximum atomic E-state index is 12.9.